The van der Waals surface area contributed by atoms with Gasteiger partial charge in [-0.1, -0.05) is 70.2 Å². The largest absolute Gasteiger partial charge is 0.493 e. The summed E-state index contributed by atoms with van der Waals surface area (Å²) in [6.45, 7) is 9.82. The molecule has 0 atom stereocenters. The number of benzene rings is 3. The molecule has 0 aliphatic heterocycles. The Morgan fingerprint density at radius 1 is 0.829 bits per heavy atom. The summed E-state index contributed by atoms with van der Waals surface area (Å²) in [6.07, 6.45) is 1.67. The lowest BCUT2D eigenvalue weighted by Gasteiger charge is -2.25. The van der Waals surface area contributed by atoms with E-state index in [0.29, 0.717) is 31.0 Å². The molecular formula is C30H38N2O3. The van der Waals surface area contributed by atoms with Crippen molar-refractivity contribution in [3.63, 3.8) is 0 Å². The number of hydrogen-bond acceptors (Lipinski definition) is 3. The van der Waals surface area contributed by atoms with Crippen molar-refractivity contribution >= 4 is 11.7 Å². The molecule has 3 aromatic carbocycles. The zero-order chi connectivity index (χ0) is 25.4. The Labute approximate surface area is 210 Å². The van der Waals surface area contributed by atoms with E-state index >= 15 is 0 Å². The first kappa shape index (κ1) is 26.1. The van der Waals surface area contributed by atoms with Crippen LogP contribution >= 0.6 is 0 Å². The van der Waals surface area contributed by atoms with Crippen molar-refractivity contribution in [2.24, 2.45) is 0 Å². The molecule has 3 aromatic rings. The van der Waals surface area contributed by atoms with Crippen LogP contribution in [0.15, 0.2) is 66.7 Å². The van der Waals surface area contributed by atoms with Gasteiger partial charge in [0.25, 0.3) is 0 Å². The molecule has 1 N–H and O–H groups in total. The van der Waals surface area contributed by atoms with Crippen LogP contribution in [-0.4, -0.2) is 31.7 Å². The van der Waals surface area contributed by atoms with E-state index in [9.17, 15) is 4.79 Å². The Kier molecular flexibility index (Phi) is 8.80. The average molecular weight is 475 g/mol. The predicted molar refractivity (Wildman–Crippen MR) is 144 cm³/mol. The average Bonchev–Trinajstić information content (AvgIpc) is 2.86. The van der Waals surface area contributed by atoms with Gasteiger partial charge in [-0.2, -0.15) is 0 Å². The first-order valence-electron chi connectivity index (χ1n) is 12.2. The third kappa shape index (κ3) is 7.25. The number of nitrogens with one attached hydrogen (secondary N) is 1. The molecule has 5 nitrogen and oxygen atoms in total. The maximum absolute atomic E-state index is 13.3. The number of aryl methyl sites for hydroxylation is 1. The lowest BCUT2D eigenvalue weighted by molar-refractivity contribution is 0.209. The molecule has 0 aromatic heterocycles. The van der Waals surface area contributed by atoms with Crippen LogP contribution in [0.25, 0.3) is 0 Å². The number of nitrogens with zero attached hydrogens (tertiary/aromatic N) is 1. The standard InChI is InChI=1S/C30H38N2O3/c1-7-22-10-15-26(16-11-22)31-29(33)32(21-24-8-13-25(14-9-24)30(2,3)4)19-18-23-12-17-27(34-5)28(20-23)35-6/h8-17,20H,7,18-19,21H2,1-6H3,(H,31,33). The number of ether oxygens (including phenoxy) is 2. The molecule has 2 amide bonds. The molecule has 0 aliphatic rings. The van der Waals surface area contributed by atoms with Gasteiger partial charge in [-0.15, -0.1) is 0 Å². The summed E-state index contributed by atoms with van der Waals surface area (Å²) in [4.78, 5) is 15.2. The Hall–Kier alpha value is -3.47. The number of hydrogen-bond donors (Lipinski definition) is 1. The van der Waals surface area contributed by atoms with E-state index in [2.05, 4.69) is 69.4 Å². The molecule has 0 radical (unpaired) electrons. The Morgan fingerprint density at radius 2 is 1.43 bits per heavy atom. The monoisotopic (exact) mass is 474 g/mol. The van der Waals surface area contributed by atoms with Crippen LogP contribution in [0.1, 0.15) is 49.9 Å². The molecule has 3 rings (SSSR count). The minimum Gasteiger partial charge on any atom is -0.493 e. The number of anilines is 1. The summed E-state index contributed by atoms with van der Waals surface area (Å²) < 4.78 is 10.8. The van der Waals surface area contributed by atoms with Crippen molar-refractivity contribution in [1.29, 1.82) is 0 Å². The molecule has 0 fully saturated rings. The SMILES string of the molecule is CCc1ccc(NC(=O)N(CCc2ccc(OC)c(OC)c2)Cc2ccc(C(C)(C)C)cc2)cc1. The molecule has 35 heavy (non-hydrogen) atoms. The second-order valence-electron chi connectivity index (χ2n) is 9.79. The fourth-order valence-electron chi connectivity index (χ4n) is 3.91. The molecule has 0 aliphatic carbocycles. The second-order valence-corrected chi connectivity index (χ2v) is 9.79. The summed E-state index contributed by atoms with van der Waals surface area (Å²) in [5.74, 6) is 1.38. The van der Waals surface area contributed by atoms with Crippen LogP contribution in [0, 0.1) is 0 Å². The number of urea groups is 1. The van der Waals surface area contributed by atoms with Gasteiger partial charge in [-0.3, -0.25) is 0 Å². The highest BCUT2D eigenvalue weighted by Crippen LogP contribution is 2.28. The molecule has 186 valence electrons. The van der Waals surface area contributed by atoms with Crippen LogP contribution < -0.4 is 14.8 Å². The maximum Gasteiger partial charge on any atom is 0.322 e. The van der Waals surface area contributed by atoms with Gasteiger partial charge in [0.15, 0.2) is 11.5 Å². The zero-order valence-corrected chi connectivity index (χ0v) is 21.9. The van der Waals surface area contributed by atoms with Crippen LogP contribution in [0.3, 0.4) is 0 Å². The minimum atomic E-state index is -0.116. The highest BCUT2D eigenvalue weighted by Gasteiger charge is 2.17. The minimum absolute atomic E-state index is 0.0909. The van der Waals surface area contributed by atoms with Gasteiger partial charge in [-0.25, -0.2) is 4.79 Å². The molecular weight excluding hydrogens is 436 g/mol. The Bertz CT molecular complexity index is 1100. The van der Waals surface area contributed by atoms with Crippen LogP contribution in [-0.2, 0) is 24.8 Å². The Balaban J connectivity index is 1.78. The maximum atomic E-state index is 13.3. The summed E-state index contributed by atoms with van der Waals surface area (Å²) in [5.41, 5.74) is 5.59. The predicted octanol–water partition coefficient (Wildman–Crippen LogP) is 6.84. The van der Waals surface area contributed by atoms with Gasteiger partial charge in [-0.05, 0) is 64.8 Å². The van der Waals surface area contributed by atoms with Crippen molar-refractivity contribution in [3.05, 3.63) is 89.0 Å². The van der Waals surface area contributed by atoms with E-state index in [-0.39, 0.29) is 11.4 Å². The van der Waals surface area contributed by atoms with E-state index < -0.39 is 0 Å². The highest BCUT2D eigenvalue weighted by atomic mass is 16.5. The topological polar surface area (TPSA) is 50.8 Å². The fraction of sp³-hybridized carbons (Fsp3) is 0.367. The van der Waals surface area contributed by atoms with E-state index in [0.717, 1.165) is 23.2 Å². The number of rotatable bonds is 9. The van der Waals surface area contributed by atoms with E-state index in [4.69, 9.17) is 9.47 Å². The smallest absolute Gasteiger partial charge is 0.322 e. The van der Waals surface area contributed by atoms with Gasteiger partial charge in [0.2, 0.25) is 0 Å². The molecule has 0 spiro atoms. The van der Waals surface area contributed by atoms with Gasteiger partial charge in [0.05, 0.1) is 14.2 Å². The molecule has 0 unspecified atom stereocenters. The van der Waals surface area contributed by atoms with E-state index in [1.165, 1.54) is 11.1 Å². The van der Waals surface area contributed by atoms with Gasteiger partial charge in [0, 0.05) is 18.8 Å². The van der Waals surface area contributed by atoms with Gasteiger partial charge >= 0.3 is 6.03 Å². The second kappa shape index (κ2) is 11.8. The number of methoxy groups -OCH3 is 2. The fourth-order valence-corrected chi connectivity index (χ4v) is 3.91. The lowest BCUT2D eigenvalue weighted by atomic mass is 9.87. The molecule has 0 bridgehead atoms. The quantitative estimate of drug-likeness (QED) is 0.369. The molecule has 0 saturated carbocycles. The third-order valence-electron chi connectivity index (χ3n) is 6.21. The zero-order valence-electron chi connectivity index (χ0n) is 21.9. The third-order valence-corrected chi connectivity index (χ3v) is 6.21. The lowest BCUT2D eigenvalue weighted by Crippen LogP contribution is -2.36. The first-order valence-corrected chi connectivity index (χ1v) is 12.2. The van der Waals surface area contributed by atoms with E-state index in [1.807, 2.05) is 35.2 Å². The van der Waals surface area contributed by atoms with Crippen LogP contribution in [0.5, 0.6) is 11.5 Å². The summed E-state index contributed by atoms with van der Waals surface area (Å²) in [6, 6.07) is 22.3. The molecule has 0 saturated heterocycles. The van der Waals surface area contributed by atoms with Crippen molar-refractivity contribution in [3.8, 4) is 11.5 Å². The van der Waals surface area contributed by atoms with Gasteiger partial charge < -0.3 is 19.7 Å². The normalized spacial score (nSPS) is 11.1. The number of amides is 2. The van der Waals surface area contributed by atoms with Crippen molar-refractivity contribution in [2.45, 2.75) is 52.5 Å². The highest BCUT2D eigenvalue weighted by molar-refractivity contribution is 5.89. The molecule has 0 heterocycles. The van der Waals surface area contributed by atoms with Crippen LogP contribution in [0.2, 0.25) is 0 Å². The van der Waals surface area contributed by atoms with E-state index in [1.54, 1.807) is 14.2 Å². The van der Waals surface area contributed by atoms with Crippen molar-refractivity contribution < 1.29 is 14.3 Å². The summed E-state index contributed by atoms with van der Waals surface area (Å²) in [5, 5.41) is 3.07. The van der Waals surface area contributed by atoms with Crippen molar-refractivity contribution in [1.82, 2.24) is 4.90 Å². The van der Waals surface area contributed by atoms with Crippen LogP contribution in [0.4, 0.5) is 10.5 Å². The summed E-state index contributed by atoms with van der Waals surface area (Å²) in [7, 11) is 3.26. The van der Waals surface area contributed by atoms with Crippen molar-refractivity contribution in [2.75, 3.05) is 26.1 Å². The summed E-state index contributed by atoms with van der Waals surface area (Å²) >= 11 is 0. The number of carbonyl (C=O) groups is 1. The first-order chi connectivity index (χ1) is 16.7. The van der Waals surface area contributed by atoms with Gasteiger partial charge in [0.1, 0.15) is 0 Å². The Morgan fingerprint density at radius 3 is 2.00 bits per heavy atom. The molecule has 5 heteroatoms. The number of carbonyl (C=O) groups excluding carboxylic acids is 1.